The Hall–Kier alpha value is -2.83. The first kappa shape index (κ1) is 18.5. The van der Waals surface area contributed by atoms with Gasteiger partial charge in [0.25, 0.3) is 0 Å². The van der Waals surface area contributed by atoms with Crippen molar-refractivity contribution in [2.45, 2.75) is 12.8 Å². The van der Waals surface area contributed by atoms with Crippen molar-refractivity contribution in [3.8, 4) is 0 Å². The number of thiazole rings is 1. The fourth-order valence-corrected chi connectivity index (χ4v) is 3.96. The van der Waals surface area contributed by atoms with Gasteiger partial charge < -0.3 is 15.6 Å². The minimum Gasteiger partial charge on any atom is -0.361 e. The van der Waals surface area contributed by atoms with Gasteiger partial charge in [0, 0.05) is 39.7 Å². The average molecular weight is 411 g/mol. The molecule has 0 aliphatic carbocycles. The molecule has 0 radical (unpaired) electrons. The van der Waals surface area contributed by atoms with Crippen molar-refractivity contribution in [3.05, 3.63) is 76.4 Å². The van der Waals surface area contributed by atoms with Gasteiger partial charge in [-0.25, -0.2) is 4.98 Å². The second-order valence-corrected chi connectivity index (χ2v) is 7.71. The van der Waals surface area contributed by atoms with Crippen LogP contribution in [-0.2, 0) is 17.6 Å². The molecule has 7 heteroatoms. The molecule has 2 aromatic carbocycles. The molecule has 0 unspecified atom stereocenters. The number of aromatic nitrogens is 2. The number of halogens is 1. The van der Waals surface area contributed by atoms with E-state index in [-0.39, 0.29) is 12.3 Å². The van der Waals surface area contributed by atoms with Crippen molar-refractivity contribution in [1.82, 2.24) is 15.3 Å². The summed E-state index contributed by atoms with van der Waals surface area (Å²) in [5.41, 5.74) is 3.94. The van der Waals surface area contributed by atoms with Gasteiger partial charge in [-0.3, -0.25) is 4.79 Å². The van der Waals surface area contributed by atoms with E-state index in [4.69, 9.17) is 11.6 Å². The van der Waals surface area contributed by atoms with E-state index in [0.717, 1.165) is 28.5 Å². The number of carbonyl (C=O) groups excluding carboxylic acids is 1. The SMILES string of the molecule is O=C(Cc1csc(Nc2cccc(Cl)c2)n1)NCCc1c[nH]c2ccccc12. The molecule has 0 saturated carbocycles. The minimum absolute atomic E-state index is 0.0283. The van der Waals surface area contributed by atoms with E-state index in [1.807, 2.05) is 48.0 Å². The molecular weight excluding hydrogens is 392 g/mol. The minimum atomic E-state index is -0.0283. The largest absolute Gasteiger partial charge is 0.361 e. The molecule has 5 nitrogen and oxygen atoms in total. The lowest BCUT2D eigenvalue weighted by Crippen LogP contribution is -2.27. The van der Waals surface area contributed by atoms with Crippen molar-refractivity contribution in [2.75, 3.05) is 11.9 Å². The zero-order chi connectivity index (χ0) is 19.3. The summed E-state index contributed by atoms with van der Waals surface area (Å²) in [6, 6.07) is 15.6. The Labute approximate surface area is 171 Å². The molecule has 142 valence electrons. The summed E-state index contributed by atoms with van der Waals surface area (Å²) < 4.78 is 0. The lowest BCUT2D eigenvalue weighted by atomic mass is 10.1. The first-order valence-electron chi connectivity index (χ1n) is 8.96. The van der Waals surface area contributed by atoms with E-state index in [1.54, 1.807) is 0 Å². The number of nitrogens with one attached hydrogen (secondary N) is 3. The number of anilines is 2. The number of hydrogen-bond acceptors (Lipinski definition) is 4. The highest BCUT2D eigenvalue weighted by atomic mass is 35.5. The van der Waals surface area contributed by atoms with Crippen LogP contribution in [0.3, 0.4) is 0 Å². The highest BCUT2D eigenvalue weighted by Gasteiger charge is 2.09. The first-order valence-corrected chi connectivity index (χ1v) is 10.2. The lowest BCUT2D eigenvalue weighted by molar-refractivity contribution is -0.120. The van der Waals surface area contributed by atoms with Gasteiger partial charge in [0.05, 0.1) is 12.1 Å². The maximum absolute atomic E-state index is 12.2. The zero-order valence-corrected chi connectivity index (χ0v) is 16.6. The van der Waals surface area contributed by atoms with E-state index < -0.39 is 0 Å². The van der Waals surface area contributed by atoms with Gasteiger partial charge in [0.1, 0.15) is 0 Å². The Morgan fingerprint density at radius 2 is 2.07 bits per heavy atom. The van der Waals surface area contributed by atoms with Crippen LogP contribution < -0.4 is 10.6 Å². The molecule has 28 heavy (non-hydrogen) atoms. The van der Waals surface area contributed by atoms with Gasteiger partial charge >= 0.3 is 0 Å². The number of amides is 1. The van der Waals surface area contributed by atoms with Crippen LogP contribution >= 0.6 is 22.9 Å². The van der Waals surface area contributed by atoms with Crippen LogP contribution in [0.4, 0.5) is 10.8 Å². The Kier molecular flexibility index (Phi) is 5.60. The third-order valence-corrected chi connectivity index (χ3v) is 5.40. The van der Waals surface area contributed by atoms with Crippen LogP contribution in [0.1, 0.15) is 11.3 Å². The quantitative estimate of drug-likeness (QED) is 0.405. The molecule has 2 heterocycles. The zero-order valence-electron chi connectivity index (χ0n) is 15.0. The summed E-state index contributed by atoms with van der Waals surface area (Å²) in [4.78, 5) is 20.0. The molecule has 0 saturated heterocycles. The molecule has 1 amide bonds. The van der Waals surface area contributed by atoms with Crippen LogP contribution in [0.25, 0.3) is 10.9 Å². The van der Waals surface area contributed by atoms with Gasteiger partial charge in [0.15, 0.2) is 5.13 Å². The van der Waals surface area contributed by atoms with E-state index in [0.29, 0.717) is 11.6 Å². The fourth-order valence-electron chi connectivity index (χ4n) is 3.04. The number of benzene rings is 2. The van der Waals surface area contributed by atoms with Gasteiger partial charge in [-0.05, 0) is 36.2 Å². The van der Waals surface area contributed by atoms with Crippen LogP contribution in [-0.4, -0.2) is 22.4 Å². The topological polar surface area (TPSA) is 69.8 Å². The molecular formula is C21H19ClN4OS. The highest BCUT2D eigenvalue weighted by molar-refractivity contribution is 7.13. The normalized spacial score (nSPS) is 10.9. The van der Waals surface area contributed by atoms with Crippen LogP contribution in [0.2, 0.25) is 5.02 Å². The van der Waals surface area contributed by atoms with Gasteiger partial charge in [-0.2, -0.15) is 0 Å². The molecule has 0 aliphatic heterocycles. The molecule has 4 rings (SSSR count). The van der Waals surface area contributed by atoms with E-state index in [2.05, 4.69) is 32.7 Å². The number of aromatic amines is 1. The Balaban J connectivity index is 1.28. The second kappa shape index (κ2) is 8.46. The number of para-hydroxylation sites is 1. The fraction of sp³-hybridized carbons (Fsp3) is 0.143. The molecule has 2 aromatic heterocycles. The smallest absolute Gasteiger partial charge is 0.226 e. The molecule has 3 N–H and O–H groups in total. The van der Waals surface area contributed by atoms with Gasteiger partial charge in [0.2, 0.25) is 5.91 Å². The van der Waals surface area contributed by atoms with Crippen molar-refractivity contribution >= 4 is 50.6 Å². The van der Waals surface area contributed by atoms with Gasteiger partial charge in [-0.1, -0.05) is 35.9 Å². The van der Waals surface area contributed by atoms with E-state index >= 15 is 0 Å². The first-order chi connectivity index (χ1) is 13.7. The summed E-state index contributed by atoms with van der Waals surface area (Å²) in [5.74, 6) is -0.0283. The van der Waals surface area contributed by atoms with Crippen molar-refractivity contribution in [3.63, 3.8) is 0 Å². The lowest BCUT2D eigenvalue weighted by Gasteiger charge is -2.04. The standard InChI is InChI=1S/C21H19ClN4OS/c22-15-4-3-5-16(10-15)25-21-26-17(13-28-21)11-20(27)23-9-8-14-12-24-19-7-2-1-6-18(14)19/h1-7,10,12-13,24H,8-9,11H2,(H,23,27)(H,25,26). The predicted octanol–water partition coefficient (Wildman–Crippen LogP) is 4.92. The van der Waals surface area contributed by atoms with Crippen LogP contribution in [0.15, 0.2) is 60.1 Å². The summed E-state index contributed by atoms with van der Waals surface area (Å²) in [5, 5.41) is 10.7. The summed E-state index contributed by atoms with van der Waals surface area (Å²) in [6.45, 7) is 0.596. The summed E-state index contributed by atoms with van der Waals surface area (Å²) in [7, 11) is 0. The number of hydrogen-bond donors (Lipinski definition) is 3. The molecule has 0 spiro atoms. The Bertz CT molecular complexity index is 1100. The van der Waals surface area contributed by atoms with Crippen molar-refractivity contribution < 1.29 is 4.79 Å². The predicted molar refractivity (Wildman–Crippen MR) is 116 cm³/mol. The van der Waals surface area contributed by atoms with Crippen molar-refractivity contribution in [2.24, 2.45) is 0 Å². The maximum Gasteiger partial charge on any atom is 0.226 e. The summed E-state index contributed by atoms with van der Waals surface area (Å²) in [6.07, 6.45) is 3.06. The van der Waals surface area contributed by atoms with Crippen LogP contribution in [0.5, 0.6) is 0 Å². The molecule has 4 aromatic rings. The maximum atomic E-state index is 12.2. The van der Waals surface area contributed by atoms with E-state index in [1.165, 1.54) is 22.3 Å². The van der Waals surface area contributed by atoms with Crippen molar-refractivity contribution in [1.29, 1.82) is 0 Å². The molecule has 0 bridgehead atoms. The number of nitrogens with zero attached hydrogens (tertiary/aromatic N) is 1. The average Bonchev–Trinajstić information content (AvgIpc) is 3.29. The number of H-pyrrole nitrogens is 1. The Morgan fingerprint density at radius 1 is 1.18 bits per heavy atom. The monoisotopic (exact) mass is 410 g/mol. The number of rotatable bonds is 7. The third-order valence-electron chi connectivity index (χ3n) is 4.36. The Morgan fingerprint density at radius 3 is 2.96 bits per heavy atom. The molecule has 0 fully saturated rings. The molecule has 0 aliphatic rings. The van der Waals surface area contributed by atoms with E-state index in [9.17, 15) is 4.79 Å². The van der Waals surface area contributed by atoms with Crippen LogP contribution in [0, 0.1) is 0 Å². The highest BCUT2D eigenvalue weighted by Crippen LogP contribution is 2.23. The number of fused-ring (bicyclic) bond motifs is 1. The third kappa shape index (κ3) is 4.52. The molecule has 0 atom stereocenters. The summed E-state index contributed by atoms with van der Waals surface area (Å²) >= 11 is 7.46. The van der Waals surface area contributed by atoms with Gasteiger partial charge in [-0.15, -0.1) is 11.3 Å². The number of carbonyl (C=O) groups is 1. The second-order valence-electron chi connectivity index (χ2n) is 6.42.